The Balaban J connectivity index is 2.45. The van der Waals surface area contributed by atoms with Crippen LogP contribution in [0.3, 0.4) is 0 Å². The zero-order valence-electron chi connectivity index (χ0n) is 12.8. The number of nitrogens with zero attached hydrogens (tertiary/aromatic N) is 2. The van der Waals surface area contributed by atoms with Crippen LogP contribution >= 0.6 is 0 Å². The van der Waals surface area contributed by atoms with Crippen LogP contribution in [0.25, 0.3) is 0 Å². The van der Waals surface area contributed by atoms with Crippen LogP contribution in [0.2, 0.25) is 0 Å². The van der Waals surface area contributed by atoms with Gasteiger partial charge in [0.2, 0.25) is 5.95 Å². The lowest BCUT2D eigenvalue weighted by Gasteiger charge is -2.30. The minimum Gasteiger partial charge on any atom is -0.481 e. The summed E-state index contributed by atoms with van der Waals surface area (Å²) in [6.45, 7) is 9.17. The second kappa shape index (κ2) is 7.22. The highest BCUT2D eigenvalue weighted by Gasteiger charge is 2.24. The molecule has 0 fully saturated rings. The first-order valence-corrected chi connectivity index (χ1v) is 7.03. The number of aromatic nitrogens is 2. The topological polar surface area (TPSA) is 75.1 Å². The highest BCUT2D eigenvalue weighted by atomic mass is 16.4. The molecule has 112 valence electrons. The highest BCUT2D eigenvalue weighted by Crippen LogP contribution is 2.32. The second-order valence-corrected chi connectivity index (χ2v) is 6.29. The molecule has 5 nitrogen and oxygen atoms in total. The number of aliphatic carboxylic acids is 1. The zero-order valence-corrected chi connectivity index (χ0v) is 12.8. The number of aryl methyl sites for hydroxylation is 1. The van der Waals surface area contributed by atoms with Crippen molar-refractivity contribution in [2.75, 3.05) is 11.9 Å². The lowest BCUT2D eigenvalue weighted by molar-refractivity contribution is -0.137. The van der Waals surface area contributed by atoms with Crippen LogP contribution in [0.5, 0.6) is 0 Å². The second-order valence-electron chi connectivity index (χ2n) is 6.29. The van der Waals surface area contributed by atoms with Gasteiger partial charge in [0.15, 0.2) is 0 Å². The zero-order chi connectivity index (χ0) is 15.2. The van der Waals surface area contributed by atoms with Gasteiger partial charge in [0.1, 0.15) is 0 Å². The van der Waals surface area contributed by atoms with Gasteiger partial charge in [0.25, 0.3) is 0 Å². The van der Waals surface area contributed by atoms with E-state index in [1.807, 2.05) is 6.92 Å². The maximum absolute atomic E-state index is 10.7. The number of rotatable bonds is 7. The van der Waals surface area contributed by atoms with E-state index in [1.54, 1.807) is 12.4 Å². The van der Waals surface area contributed by atoms with Crippen LogP contribution in [-0.4, -0.2) is 27.6 Å². The van der Waals surface area contributed by atoms with Gasteiger partial charge in [-0.2, -0.15) is 0 Å². The molecule has 1 heterocycles. The van der Waals surface area contributed by atoms with Crippen LogP contribution in [0.4, 0.5) is 5.95 Å². The van der Waals surface area contributed by atoms with E-state index in [0.29, 0.717) is 18.3 Å². The molecule has 0 aliphatic carbocycles. The van der Waals surface area contributed by atoms with E-state index in [-0.39, 0.29) is 11.8 Å². The van der Waals surface area contributed by atoms with Gasteiger partial charge in [-0.3, -0.25) is 4.79 Å². The summed E-state index contributed by atoms with van der Waals surface area (Å²) in [6.07, 6.45) is 5.40. The van der Waals surface area contributed by atoms with Crippen LogP contribution in [0, 0.1) is 18.3 Å². The molecule has 0 saturated heterocycles. The van der Waals surface area contributed by atoms with Gasteiger partial charge in [-0.1, -0.05) is 20.8 Å². The van der Waals surface area contributed by atoms with Crippen molar-refractivity contribution < 1.29 is 9.90 Å². The highest BCUT2D eigenvalue weighted by molar-refractivity contribution is 5.66. The maximum atomic E-state index is 10.7. The quantitative estimate of drug-likeness (QED) is 0.802. The summed E-state index contributed by atoms with van der Waals surface area (Å²) in [5.41, 5.74) is 1.13. The predicted octanol–water partition coefficient (Wildman–Crippen LogP) is 3.11. The lowest BCUT2D eigenvalue weighted by Crippen LogP contribution is -2.24. The molecule has 20 heavy (non-hydrogen) atoms. The first kappa shape index (κ1) is 16.4. The van der Waals surface area contributed by atoms with Crippen LogP contribution in [-0.2, 0) is 4.79 Å². The van der Waals surface area contributed by atoms with Crippen molar-refractivity contribution in [3.63, 3.8) is 0 Å². The number of anilines is 1. The minimum absolute atomic E-state index is 0.102. The molecule has 1 rings (SSSR count). The summed E-state index contributed by atoms with van der Waals surface area (Å²) in [6, 6.07) is 0. The fourth-order valence-electron chi connectivity index (χ4n) is 2.15. The molecule has 1 aromatic heterocycles. The molecule has 1 atom stereocenters. The van der Waals surface area contributed by atoms with E-state index in [4.69, 9.17) is 5.11 Å². The van der Waals surface area contributed by atoms with Gasteiger partial charge >= 0.3 is 5.97 Å². The van der Waals surface area contributed by atoms with Crippen molar-refractivity contribution in [1.29, 1.82) is 0 Å². The molecule has 5 heteroatoms. The van der Waals surface area contributed by atoms with Crippen molar-refractivity contribution in [1.82, 2.24) is 9.97 Å². The van der Waals surface area contributed by atoms with Crippen molar-refractivity contribution in [2.45, 2.75) is 47.0 Å². The molecule has 0 aliphatic heterocycles. The van der Waals surface area contributed by atoms with E-state index in [1.165, 1.54) is 0 Å². The summed E-state index contributed by atoms with van der Waals surface area (Å²) in [4.78, 5) is 19.1. The third-order valence-corrected chi connectivity index (χ3v) is 3.49. The Labute approximate surface area is 120 Å². The fraction of sp³-hybridized carbons (Fsp3) is 0.667. The third kappa shape index (κ3) is 5.99. The molecule has 1 unspecified atom stereocenters. The summed E-state index contributed by atoms with van der Waals surface area (Å²) in [7, 11) is 0. The molecule has 1 aromatic rings. The Kier molecular flexibility index (Phi) is 5.92. The van der Waals surface area contributed by atoms with Crippen molar-refractivity contribution in [3.05, 3.63) is 18.0 Å². The van der Waals surface area contributed by atoms with Gasteiger partial charge in [-0.05, 0) is 36.7 Å². The number of nitrogens with one attached hydrogen (secondary N) is 1. The van der Waals surface area contributed by atoms with Gasteiger partial charge in [0, 0.05) is 25.4 Å². The van der Waals surface area contributed by atoms with Crippen molar-refractivity contribution in [2.24, 2.45) is 11.3 Å². The molecule has 0 radical (unpaired) electrons. The van der Waals surface area contributed by atoms with E-state index < -0.39 is 5.97 Å². The Hall–Kier alpha value is -1.65. The van der Waals surface area contributed by atoms with Gasteiger partial charge in [-0.25, -0.2) is 9.97 Å². The molecular weight excluding hydrogens is 254 g/mol. The average molecular weight is 279 g/mol. The normalized spacial score (nSPS) is 13.0. The van der Waals surface area contributed by atoms with Crippen molar-refractivity contribution >= 4 is 11.9 Å². The van der Waals surface area contributed by atoms with Crippen molar-refractivity contribution in [3.8, 4) is 0 Å². The largest absolute Gasteiger partial charge is 0.481 e. The Morgan fingerprint density at radius 3 is 2.40 bits per heavy atom. The molecule has 0 bridgehead atoms. The first-order chi connectivity index (χ1) is 9.29. The molecule has 2 N–H and O–H groups in total. The van der Waals surface area contributed by atoms with E-state index in [2.05, 4.69) is 36.1 Å². The van der Waals surface area contributed by atoms with Crippen LogP contribution in [0.15, 0.2) is 12.4 Å². The first-order valence-electron chi connectivity index (χ1n) is 7.03. The standard InChI is InChI=1S/C15H25N3O2/c1-11-9-17-14(18-10-11)16-8-7-12(15(2,3)4)5-6-13(19)20/h9-10,12H,5-8H2,1-4H3,(H,19,20)(H,16,17,18). The summed E-state index contributed by atoms with van der Waals surface area (Å²) in [5, 5.41) is 12.0. The van der Waals surface area contributed by atoms with Gasteiger partial charge < -0.3 is 10.4 Å². The van der Waals surface area contributed by atoms with Gasteiger partial charge in [0.05, 0.1) is 0 Å². The lowest BCUT2D eigenvalue weighted by atomic mass is 9.76. The Morgan fingerprint density at radius 1 is 1.30 bits per heavy atom. The third-order valence-electron chi connectivity index (χ3n) is 3.49. The summed E-state index contributed by atoms with van der Waals surface area (Å²) >= 11 is 0. The Bertz CT molecular complexity index is 424. The van der Waals surface area contributed by atoms with E-state index in [0.717, 1.165) is 18.5 Å². The molecule has 0 amide bonds. The SMILES string of the molecule is Cc1cnc(NCCC(CCC(=O)O)C(C)(C)C)nc1. The number of hydrogen-bond donors (Lipinski definition) is 2. The summed E-state index contributed by atoms with van der Waals surface area (Å²) in [5.74, 6) is 0.257. The fourth-order valence-corrected chi connectivity index (χ4v) is 2.15. The molecule has 0 spiro atoms. The monoisotopic (exact) mass is 279 g/mol. The molecule has 0 aromatic carbocycles. The summed E-state index contributed by atoms with van der Waals surface area (Å²) < 4.78 is 0. The smallest absolute Gasteiger partial charge is 0.303 e. The number of carboxylic acid groups (broad SMARTS) is 1. The predicted molar refractivity (Wildman–Crippen MR) is 79.7 cm³/mol. The average Bonchev–Trinajstić information content (AvgIpc) is 2.34. The van der Waals surface area contributed by atoms with E-state index >= 15 is 0 Å². The van der Waals surface area contributed by atoms with E-state index in [9.17, 15) is 4.79 Å². The molecule has 0 aliphatic rings. The van der Waals surface area contributed by atoms with Crippen LogP contribution in [0.1, 0.15) is 45.6 Å². The molecule has 0 saturated carbocycles. The number of hydrogen-bond acceptors (Lipinski definition) is 4. The molecular formula is C15H25N3O2. The maximum Gasteiger partial charge on any atom is 0.303 e. The minimum atomic E-state index is -0.728. The van der Waals surface area contributed by atoms with Gasteiger partial charge in [-0.15, -0.1) is 0 Å². The Morgan fingerprint density at radius 2 is 1.90 bits per heavy atom. The number of carboxylic acids is 1. The van der Waals surface area contributed by atoms with Crippen LogP contribution < -0.4 is 5.32 Å². The number of carbonyl (C=O) groups is 1.